The van der Waals surface area contributed by atoms with E-state index >= 15 is 0 Å². The molecule has 2 aliphatic heterocycles. The molecule has 3 fully saturated rings. The summed E-state index contributed by atoms with van der Waals surface area (Å²) in [6, 6.07) is 8.52. The van der Waals surface area contributed by atoms with Crippen LogP contribution in [0.5, 0.6) is 0 Å². The van der Waals surface area contributed by atoms with Crippen molar-refractivity contribution in [2.24, 2.45) is 11.8 Å². The van der Waals surface area contributed by atoms with Crippen molar-refractivity contribution in [3.8, 4) is 0 Å². The summed E-state index contributed by atoms with van der Waals surface area (Å²) in [5.74, 6) is 2.26. The third-order valence-corrected chi connectivity index (χ3v) is 8.00. The van der Waals surface area contributed by atoms with Gasteiger partial charge in [0, 0.05) is 48.9 Å². The summed E-state index contributed by atoms with van der Waals surface area (Å²) in [7, 11) is -3.46. The van der Waals surface area contributed by atoms with Crippen molar-refractivity contribution in [3.05, 3.63) is 47.4 Å². The van der Waals surface area contributed by atoms with Crippen LogP contribution in [0, 0.1) is 11.8 Å². The van der Waals surface area contributed by atoms with Gasteiger partial charge in [-0.15, -0.1) is 0 Å². The Balaban J connectivity index is 1.29. The summed E-state index contributed by atoms with van der Waals surface area (Å²) in [6.45, 7) is 2.82. The molecule has 2 atom stereocenters. The number of benzene rings is 1. The first-order chi connectivity index (χ1) is 13.0. The molecule has 8 heteroatoms. The molecule has 1 aromatic heterocycles. The van der Waals surface area contributed by atoms with Gasteiger partial charge in [0.2, 0.25) is 10.0 Å². The Morgan fingerprint density at radius 3 is 2.26 bits per heavy atom. The van der Waals surface area contributed by atoms with Gasteiger partial charge in [-0.05, 0) is 48.9 Å². The quantitative estimate of drug-likeness (QED) is 0.783. The van der Waals surface area contributed by atoms with Gasteiger partial charge < -0.3 is 4.90 Å². The number of sulfonamides is 1. The molecule has 0 bridgehead atoms. The number of rotatable bonds is 4. The Labute approximate surface area is 164 Å². The van der Waals surface area contributed by atoms with Crippen LogP contribution >= 0.6 is 11.6 Å². The van der Waals surface area contributed by atoms with E-state index in [1.54, 1.807) is 34.9 Å². The van der Waals surface area contributed by atoms with E-state index in [1.807, 2.05) is 0 Å². The first-order valence-corrected chi connectivity index (χ1v) is 11.1. The second-order valence-electron chi connectivity index (χ2n) is 7.78. The minimum Gasteiger partial charge on any atom is -0.356 e. The van der Waals surface area contributed by atoms with Gasteiger partial charge in [0.1, 0.15) is 12.1 Å². The predicted octanol–water partition coefficient (Wildman–Crippen LogP) is 2.76. The summed E-state index contributed by atoms with van der Waals surface area (Å²) in [4.78, 5) is 11.4. The largest absolute Gasteiger partial charge is 0.356 e. The van der Waals surface area contributed by atoms with Crippen LogP contribution in [-0.2, 0) is 10.0 Å². The van der Waals surface area contributed by atoms with E-state index in [1.165, 1.54) is 12.8 Å². The van der Waals surface area contributed by atoms with Gasteiger partial charge >= 0.3 is 0 Å². The van der Waals surface area contributed by atoms with E-state index in [0.29, 0.717) is 40.8 Å². The average molecular weight is 405 g/mol. The molecule has 2 aromatic rings. The van der Waals surface area contributed by atoms with E-state index in [0.717, 1.165) is 24.6 Å². The summed E-state index contributed by atoms with van der Waals surface area (Å²) >= 11 is 5.88. The molecule has 2 unspecified atom stereocenters. The lowest BCUT2D eigenvalue weighted by Gasteiger charge is -2.22. The number of fused-ring (bicyclic) bond motifs is 1. The lowest BCUT2D eigenvalue weighted by atomic mass is 10.0. The Morgan fingerprint density at radius 1 is 0.963 bits per heavy atom. The van der Waals surface area contributed by atoms with Crippen molar-refractivity contribution in [2.75, 3.05) is 31.1 Å². The third-order valence-electron chi connectivity index (χ3n) is 5.90. The molecule has 1 saturated carbocycles. The molecule has 1 aliphatic carbocycles. The van der Waals surface area contributed by atoms with E-state index in [4.69, 9.17) is 11.6 Å². The van der Waals surface area contributed by atoms with E-state index in [9.17, 15) is 8.42 Å². The molecule has 0 amide bonds. The first kappa shape index (κ1) is 17.4. The van der Waals surface area contributed by atoms with E-state index in [2.05, 4.69) is 20.9 Å². The molecule has 0 spiro atoms. The maximum absolute atomic E-state index is 12.9. The highest BCUT2D eigenvalue weighted by atomic mass is 35.5. The summed E-state index contributed by atoms with van der Waals surface area (Å²) in [6.07, 6.45) is 4.10. The smallest absolute Gasteiger partial charge is 0.243 e. The van der Waals surface area contributed by atoms with Crippen LogP contribution in [0.3, 0.4) is 0 Å². The highest BCUT2D eigenvalue weighted by Gasteiger charge is 2.44. The van der Waals surface area contributed by atoms with Crippen molar-refractivity contribution in [2.45, 2.75) is 23.7 Å². The zero-order chi connectivity index (χ0) is 18.6. The molecule has 142 valence electrons. The minimum atomic E-state index is -3.46. The highest BCUT2D eigenvalue weighted by Crippen LogP contribution is 2.41. The highest BCUT2D eigenvalue weighted by molar-refractivity contribution is 7.89. The lowest BCUT2D eigenvalue weighted by Crippen LogP contribution is -2.33. The third kappa shape index (κ3) is 3.22. The molecule has 6 nitrogen and oxygen atoms in total. The van der Waals surface area contributed by atoms with Crippen LogP contribution in [0.25, 0.3) is 0 Å². The van der Waals surface area contributed by atoms with Gasteiger partial charge in [0.25, 0.3) is 0 Å². The second-order valence-corrected chi connectivity index (χ2v) is 10.2. The fourth-order valence-corrected chi connectivity index (χ4v) is 5.91. The minimum absolute atomic E-state index is 0.314. The molecule has 1 aromatic carbocycles. The Morgan fingerprint density at radius 2 is 1.63 bits per heavy atom. The molecular formula is C19H21ClN4O2S. The monoisotopic (exact) mass is 404 g/mol. The number of aromatic nitrogens is 2. The van der Waals surface area contributed by atoms with Crippen molar-refractivity contribution in [1.29, 1.82) is 0 Å². The molecule has 3 heterocycles. The second kappa shape index (κ2) is 6.43. The fourth-order valence-electron chi connectivity index (χ4n) is 4.23. The fraction of sp³-hybridized carbons (Fsp3) is 0.474. The SMILES string of the molecule is O=S(=O)(c1ccc(Cl)cc1)N1CC2CN(c3cc(C4CC4)ncn3)CC2C1. The molecule has 27 heavy (non-hydrogen) atoms. The Bertz CT molecular complexity index is 948. The van der Waals surface area contributed by atoms with Crippen LogP contribution in [0.15, 0.2) is 41.6 Å². The maximum atomic E-state index is 12.9. The molecular weight excluding hydrogens is 384 g/mol. The number of hydrogen-bond acceptors (Lipinski definition) is 5. The molecule has 5 rings (SSSR count). The van der Waals surface area contributed by atoms with Gasteiger partial charge in [-0.2, -0.15) is 4.31 Å². The number of anilines is 1. The number of nitrogens with zero attached hydrogens (tertiary/aromatic N) is 4. The van der Waals surface area contributed by atoms with Gasteiger partial charge in [0.05, 0.1) is 4.90 Å². The molecule has 2 saturated heterocycles. The van der Waals surface area contributed by atoms with Crippen molar-refractivity contribution in [3.63, 3.8) is 0 Å². The molecule has 0 N–H and O–H groups in total. The van der Waals surface area contributed by atoms with Crippen LogP contribution in [-0.4, -0.2) is 48.9 Å². The predicted molar refractivity (Wildman–Crippen MR) is 103 cm³/mol. The zero-order valence-corrected chi connectivity index (χ0v) is 16.4. The Kier molecular flexibility index (Phi) is 4.14. The van der Waals surface area contributed by atoms with Crippen LogP contribution in [0.2, 0.25) is 5.02 Å². The van der Waals surface area contributed by atoms with Crippen molar-refractivity contribution >= 4 is 27.4 Å². The van der Waals surface area contributed by atoms with E-state index in [-0.39, 0.29) is 0 Å². The van der Waals surface area contributed by atoms with Crippen LogP contribution < -0.4 is 4.90 Å². The summed E-state index contributed by atoms with van der Waals surface area (Å²) in [5.41, 5.74) is 1.14. The topological polar surface area (TPSA) is 66.4 Å². The maximum Gasteiger partial charge on any atom is 0.243 e. The van der Waals surface area contributed by atoms with Gasteiger partial charge in [-0.1, -0.05) is 11.6 Å². The number of halogens is 1. The zero-order valence-electron chi connectivity index (χ0n) is 14.8. The van der Waals surface area contributed by atoms with Crippen LogP contribution in [0.1, 0.15) is 24.5 Å². The van der Waals surface area contributed by atoms with Crippen LogP contribution in [0.4, 0.5) is 5.82 Å². The lowest BCUT2D eigenvalue weighted by molar-refractivity contribution is 0.453. The molecule has 0 radical (unpaired) electrons. The van der Waals surface area contributed by atoms with Gasteiger partial charge in [-0.3, -0.25) is 0 Å². The average Bonchev–Trinajstić information content (AvgIpc) is 3.31. The molecule has 3 aliphatic rings. The van der Waals surface area contributed by atoms with Gasteiger partial charge in [0.15, 0.2) is 0 Å². The summed E-state index contributed by atoms with van der Waals surface area (Å²) in [5, 5.41) is 0.540. The van der Waals surface area contributed by atoms with Crippen molar-refractivity contribution < 1.29 is 8.42 Å². The first-order valence-electron chi connectivity index (χ1n) is 9.33. The van der Waals surface area contributed by atoms with Crippen molar-refractivity contribution in [1.82, 2.24) is 14.3 Å². The normalized spacial score (nSPS) is 25.7. The van der Waals surface area contributed by atoms with Gasteiger partial charge in [-0.25, -0.2) is 18.4 Å². The number of hydrogen-bond donors (Lipinski definition) is 0. The van der Waals surface area contributed by atoms with E-state index < -0.39 is 10.0 Å². The summed E-state index contributed by atoms with van der Waals surface area (Å²) < 4.78 is 27.4. The standard InChI is InChI=1S/C19H21ClN4O2S/c20-16-3-5-17(6-4-16)27(25,26)24-10-14-8-23(9-15(14)11-24)19-7-18(13-1-2-13)21-12-22-19/h3-7,12-15H,1-2,8-11H2. The Hall–Kier alpha value is -1.70.